The molecule has 1 aliphatic heterocycles. The summed E-state index contributed by atoms with van der Waals surface area (Å²) in [7, 11) is 3.94. The van der Waals surface area contributed by atoms with Crippen molar-refractivity contribution in [3.8, 4) is 0 Å². The Morgan fingerprint density at radius 2 is 1.81 bits per heavy atom. The van der Waals surface area contributed by atoms with Crippen LogP contribution in [0.2, 0.25) is 0 Å². The lowest BCUT2D eigenvalue weighted by Gasteiger charge is -2.18. The monoisotopic (exact) mass is 535 g/mol. The molecule has 0 aliphatic carbocycles. The Balaban J connectivity index is 0.00000341. The van der Waals surface area contributed by atoms with Crippen LogP contribution in [0.15, 0.2) is 59.6 Å². The molecular formula is C24H34IN5O. The molecule has 0 unspecified atom stereocenters. The average molecular weight is 535 g/mol. The van der Waals surface area contributed by atoms with E-state index in [1.54, 1.807) is 7.05 Å². The second-order valence-electron chi connectivity index (χ2n) is 7.74. The molecule has 2 aromatic rings. The van der Waals surface area contributed by atoms with Gasteiger partial charge in [0.1, 0.15) is 0 Å². The first-order chi connectivity index (χ1) is 14.7. The SMILES string of the molecule is CN=C(NCCCN(C)Cc1ccccc1)NCc1ccc(N2CCCC2=O)cc1.I. The number of anilines is 1. The molecule has 31 heavy (non-hydrogen) atoms. The second kappa shape index (κ2) is 13.3. The van der Waals surface area contributed by atoms with Gasteiger partial charge in [0.05, 0.1) is 0 Å². The summed E-state index contributed by atoms with van der Waals surface area (Å²) < 4.78 is 0. The number of nitrogens with zero attached hydrogens (tertiary/aromatic N) is 3. The zero-order valence-corrected chi connectivity index (χ0v) is 20.8. The first-order valence-corrected chi connectivity index (χ1v) is 10.7. The standard InChI is InChI=1S/C24H33N5O.HI/c1-25-24(26-15-7-16-28(2)19-21-8-4-3-5-9-21)27-18-20-11-13-22(14-12-20)29-17-6-10-23(29)30;/h3-5,8-9,11-14H,6-7,10,15-19H2,1-2H3,(H2,25,26,27);1H. The van der Waals surface area contributed by atoms with Crippen LogP contribution in [-0.4, -0.2) is 50.5 Å². The van der Waals surface area contributed by atoms with E-state index in [1.807, 2.05) is 17.0 Å². The number of guanidine groups is 1. The Hall–Kier alpha value is -2.13. The predicted molar refractivity (Wildman–Crippen MR) is 139 cm³/mol. The van der Waals surface area contributed by atoms with Crippen molar-refractivity contribution >= 4 is 41.5 Å². The Morgan fingerprint density at radius 3 is 2.45 bits per heavy atom. The van der Waals surface area contributed by atoms with E-state index < -0.39 is 0 Å². The van der Waals surface area contributed by atoms with Gasteiger partial charge in [-0.25, -0.2) is 0 Å². The highest BCUT2D eigenvalue weighted by atomic mass is 127. The minimum absolute atomic E-state index is 0. The Labute approximate surface area is 203 Å². The first-order valence-electron chi connectivity index (χ1n) is 10.7. The molecule has 0 bridgehead atoms. The molecule has 0 spiro atoms. The summed E-state index contributed by atoms with van der Waals surface area (Å²) >= 11 is 0. The van der Waals surface area contributed by atoms with Crippen molar-refractivity contribution < 1.29 is 4.79 Å². The van der Waals surface area contributed by atoms with Crippen LogP contribution in [-0.2, 0) is 17.9 Å². The second-order valence-corrected chi connectivity index (χ2v) is 7.74. The zero-order valence-electron chi connectivity index (χ0n) is 18.5. The summed E-state index contributed by atoms with van der Waals surface area (Å²) in [5, 5.41) is 6.74. The number of benzene rings is 2. The molecule has 1 saturated heterocycles. The average Bonchev–Trinajstić information content (AvgIpc) is 3.20. The Kier molecular flexibility index (Phi) is 10.8. The van der Waals surface area contributed by atoms with Gasteiger partial charge in [-0.05, 0) is 49.7 Å². The molecule has 7 heteroatoms. The maximum atomic E-state index is 11.9. The number of carbonyl (C=O) groups excluding carboxylic acids is 1. The fraction of sp³-hybridized carbons (Fsp3) is 0.417. The van der Waals surface area contributed by atoms with Crippen LogP contribution in [0, 0.1) is 0 Å². The van der Waals surface area contributed by atoms with Crippen molar-refractivity contribution in [2.75, 3.05) is 38.6 Å². The number of halogens is 1. The van der Waals surface area contributed by atoms with Gasteiger partial charge in [0.15, 0.2) is 5.96 Å². The van der Waals surface area contributed by atoms with Gasteiger partial charge in [0.2, 0.25) is 5.91 Å². The molecule has 1 amide bonds. The summed E-state index contributed by atoms with van der Waals surface area (Å²) in [6.45, 7) is 4.38. The number of aliphatic imine (C=N–C) groups is 1. The van der Waals surface area contributed by atoms with Crippen LogP contribution in [0.4, 0.5) is 5.69 Å². The van der Waals surface area contributed by atoms with Crippen molar-refractivity contribution in [1.82, 2.24) is 15.5 Å². The van der Waals surface area contributed by atoms with E-state index >= 15 is 0 Å². The summed E-state index contributed by atoms with van der Waals surface area (Å²) in [6, 6.07) is 18.7. The number of nitrogens with one attached hydrogen (secondary N) is 2. The summed E-state index contributed by atoms with van der Waals surface area (Å²) in [6.07, 6.45) is 2.65. The number of rotatable bonds is 9. The number of amides is 1. The number of hydrogen-bond donors (Lipinski definition) is 2. The quantitative estimate of drug-likeness (QED) is 0.223. The van der Waals surface area contributed by atoms with Crippen molar-refractivity contribution in [2.45, 2.75) is 32.4 Å². The van der Waals surface area contributed by atoms with Crippen LogP contribution in [0.1, 0.15) is 30.4 Å². The molecule has 1 fully saturated rings. The van der Waals surface area contributed by atoms with Gasteiger partial charge in [-0.1, -0.05) is 42.5 Å². The third-order valence-electron chi connectivity index (χ3n) is 5.31. The molecule has 0 atom stereocenters. The smallest absolute Gasteiger partial charge is 0.227 e. The highest BCUT2D eigenvalue weighted by Crippen LogP contribution is 2.21. The first kappa shape index (κ1) is 25.1. The Bertz CT molecular complexity index is 826. The molecule has 168 valence electrons. The van der Waals surface area contributed by atoms with Crippen LogP contribution in [0.5, 0.6) is 0 Å². The van der Waals surface area contributed by atoms with Crippen LogP contribution < -0.4 is 15.5 Å². The van der Waals surface area contributed by atoms with Gasteiger partial charge in [-0.15, -0.1) is 24.0 Å². The fourth-order valence-electron chi connectivity index (χ4n) is 3.65. The van der Waals surface area contributed by atoms with Crippen molar-refractivity contribution in [1.29, 1.82) is 0 Å². The molecular weight excluding hydrogens is 501 g/mol. The number of carbonyl (C=O) groups is 1. The molecule has 1 heterocycles. The van der Waals surface area contributed by atoms with E-state index in [0.717, 1.165) is 56.2 Å². The lowest BCUT2D eigenvalue weighted by molar-refractivity contribution is -0.117. The van der Waals surface area contributed by atoms with Crippen molar-refractivity contribution in [2.24, 2.45) is 4.99 Å². The van der Waals surface area contributed by atoms with E-state index in [9.17, 15) is 4.79 Å². The van der Waals surface area contributed by atoms with E-state index in [1.165, 1.54) is 5.56 Å². The zero-order chi connectivity index (χ0) is 21.2. The molecule has 1 aliphatic rings. The summed E-state index contributed by atoms with van der Waals surface area (Å²) in [5.74, 6) is 1.03. The van der Waals surface area contributed by atoms with Crippen molar-refractivity contribution in [3.05, 3.63) is 65.7 Å². The molecule has 3 rings (SSSR count). The third-order valence-corrected chi connectivity index (χ3v) is 5.31. The van der Waals surface area contributed by atoms with Gasteiger partial charge >= 0.3 is 0 Å². The highest BCUT2D eigenvalue weighted by Gasteiger charge is 2.21. The van der Waals surface area contributed by atoms with E-state index in [2.05, 4.69) is 70.0 Å². The fourth-order valence-corrected chi connectivity index (χ4v) is 3.65. The normalized spacial score (nSPS) is 14.0. The third kappa shape index (κ3) is 8.14. The lowest BCUT2D eigenvalue weighted by atomic mass is 10.2. The molecule has 2 N–H and O–H groups in total. The molecule has 6 nitrogen and oxygen atoms in total. The van der Waals surface area contributed by atoms with E-state index in [0.29, 0.717) is 13.0 Å². The molecule has 2 aromatic carbocycles. The van der Waals surface area contributed by atoms with Crippen molar-refractivity contribution in [3.63, 3.8) is 0 Å². The van der Waals surface area contributed by atoms with Gasteiger partial charge < -0.3 is 20.4 Å². The van der Waals surface area contributed by atoms with Gasteiger partial charge in [0.25, 0.3) is 0 Å². The van der Waals surface area contributed by atoms with E-state index in [4.69, 9.17) is 0 Å². The topological polar surface area (TPSA) is 60.0 Å². The van der Waals surface area contributed by atoms with Gasteiger partial charge in [-0.3, -0.25) is 9.79 Å². The number of hydrogen-bond acceptors (Lipinski definition) is 3. The summed E-state index contributed by atoms with van der Waals surface area (Å²) in [5.41, 5.74) is 3.49. The van der Waals surface area contributed by atoms with Crippen LogP contribution in [0.3, 0.4) is 0 Å². The van der Waals surface area contributed by atoms with Crippen LogP contribution >= 0.6 is 24.0 Å². The minimum atomic E-state index is 0. The summed E-state index contributed by atoms with van der Waals surface area (Å²) in [4.78, 5) is 20.4. The Morgan fingerprint density at radius 1 is 1.06 bits per heavy atom. The maximum absolute atomic E-state index is 11.9. The van der Waals surface area contributed by atoms with E-state index in [-0.39, 0.29) is 29.9 Å². The largest absolute Gasteiger partial charge is 0.356 e. The molecule has 0 saturated carbocycles. The predicted octanol–water partition coefficient (Wildman–Crippen LogP) is 3.62. The lowest BCUT2D eigenvalue weighted by Crippen LogP contribution is -2.38. The van der Waals surface area contributed by atoms with Gasteiger partial charge in [0, 0.05) is 45.3 Å². The van der Waals surface area contributed by atoms with Gasteiger partial charge in [-0.2, -0.15) is 0 Å². The molecule has 0 aromatic heterocycles. The maximum Gasteiger partial charge on any atom is 0.227 e. The van der Waals surface area contributed by atoms with Crippen LogP contribution in [0.25, 0.3) is 0 Å². The molecule has 0 radical (unpaired) electrons. The highest BCUT2D eigenvalue weighted by molar-refractivity contribution is 14.0. The minimum Gasteiger partial charge on any atom is -0.356 e.